The molecule has 2 fully saturated rings. The van der Waals surface area contributed by atoms with Gasteiger partial charge in [0.2, 0.25) is 5.91 Å². The first-order valence-electron chi connectivity index (χ1n) is 6.69. The lowest BCUT2D eigenvalue weighted by molar-refractivity contribution is -0.234. The predicted molar refractivity (Wildman–Crippen MR) is 67.6 cm³/mol. The maximum atomic E-state index is 11.4. The van der Waals surface area contributed by atoms with Crippen LogP contribution in [0.25, 0.3) is 0 Å². The van der Waals surface area contributed by atoms with E-state index in [1.54, 1.807) is 0 Å². The molecule has 2 saturated heterocycles. The van der Waals surface area contributed by atoms with E-state index in [1.807, 2.05) is 0 Å². The van der Waals surface area contributed by atoms with Gasteiger partial charge in [-0.2, -0.15) is 0 Å². The molecule has 10 heteroatoms. The van der Waals surface area contributed by atoms with Crippen molar-refractivity contribution in [1.29, 1.82) is 0 Å². The molecule has 0 spiro atoms. The molecular formula is C12H19NO9. The zero-order valence-electron chi connectivity index (χ0n) is 11.8. The number of carboxylic acid groups (broad SMARTS) is 1. The van der Waals surface area contributed by atoms with Crippen molar-refractivity contribution in [2.24, 2.45) is 0 Å². The molecule has 0 aromatic rings. The minimum Gasteiger partial charge on any atom is -0.477 e. The zero-order valence-corrected chi connectivity index (χ0v) is 11.8. The number of rotatable bonds is 6. The van der Waals surface area contributed by atoms with Gasteiger partial charge in [0.25, 0.3) is 5.79 Å². The number of aliphatic hydroxyl groups excluding tert-OH is 3. The number of carbonyl (C=O) groups is 2. The van der Waals surface area contributed by atoms with Crippen LogP contribution in [0.3, 0.4) is 0 Å². The topological polar surface area (TPSA) is 155 Å². The molecule has 0 aromatic carbocycles. The molecule has 10 nitrogen and oxygen atoms in total. The summed E-state index contributed by atoms with van der Waals surface area (Å²) in [6, 6.07) is -0.996. The lowest BCUT2D eigenvalue weighted by Gasteiger charge is -2.37. The number of carbonyl (C=O) groups excluding carboxylic acids is 1. The normalized spacial score (nSPS) is 38.5. The van der Waals surface area contributed by atoms with Crippen LogP contribution < -0.4 is 5.32 Å². The van der Waals surface area contributed by atoms with Gasteiger partial charge in [0.1, 0.15) is 24.9 Å². The average molecular weight is 321 g/mol. The number of methoxy groups -OCH3 is 1. The molecule has 0 aromatic heterocycles. The standard InChI is InChI=1S/C12H19NO9/c1-20-6(3-14)9-10-8(13-7(17)4-15)5(16)2-12(21-9,22-10)11(18)19/h5-6,8-10,14-16H,2-4H2,1H3,(H,13,17)(H,18,19)/t5-,6+,8+,9+,10+,12+/m0/s1. The summed E-state index contributed by atoms with van der Waals surface area (Å²) in [5.41, 5.74) is 0. The van der Waals surface area contributed by atoms with Crippen LogP contribution in [-0.4, -0.2) is 88.9 Å². The van der Waals surface area contributed by atoms with Crippen molar-refractivity contribution in [3.63, 3.8) is 0 Å². The van der Waals surface area contributed by atoms with Gasteiger partial charge < -0.3 is 40.0 Å². The Morgan fingerprint density at radius 3 is 2.59 bits per heavy atom. The molecular weight excluding hydrogens is 302 g/mol. The highest BCUT2D eigenvalue weighted by Crippen LogP contribution is 2.42. The Morgan fingerprint density at radius 1 is 1.41 bits per heavy atom. The first kappa shape index (κ1) is 17.1. The van der Waals surface area contributed by atoms with Crippen molar-refractivity contribution in [2.45, 2.75) is 42.7 Å². The molecule has 22 heavy (non-hydrogen) atoms. The Balaban J connectivity index is 2.30. The highest BCUT2D eigenvalue weighted by atomic mass is 16.8. The monoisotopic (exact) mass is 321 g/mol. The Kier molecular flexibility index (Phi) is 5.00. The van der Waals surface area contributed by atoms with Crippen molar-refractivity contribution in [3.8, 4) is 0 Å². The molecule has 2 aliphatic rings. The van der Waals surface area contributed by atoms with Gasteiger partial charge in [-0.15, -0.1) is 0 Å². The third-order valence-electron chi connectivity index (χ3n) is 3.87. The maximum absolute atomic E-state index is 11.4. The Labute approximate surface area is 125 Å². The summed E-state index contributed by atoms with van der Waals surface area (Å²) in [4.78, 5) is 22.8. The SMILES string of the molecule is CO[C@H](CO)[C@H]1O[C@]2(C(=O)O)C[C@H](O)[C@@H](NC(=O)CO)[C@H]1O2. The van der Waals surface area contributed by atoms with Crippen molar-refractivity contribution in [1.82, 2.24) is 5.32 Å². The maximum Gasteiger partial charge on any atom is 0.364 e. The molecule has 6 atom stereocenters. The average Bonchev–Trinajstić information content (AvgIpc) is 2.81. The molecule has 0 aliphatic carbocycles. The van der Waals surface area contributed by atoms with Gasteiger partial charge in [0.15, 0.2) is 0 Å². The van der Waals surface area contributed by atoms with E-state index in [2.05, 4.69) is 5.32 Å². The number of carboxylic acids is 1. The number of hydrogen-bond acceptors (Lipinski definition) is 8. The fourth-order valence-electron chi connectivity index (χ4n) is 2.79. The Bertz CT molecular complexity index is 440. The Morgan fingerprint density at radius 2 is 2.09 bits per heavy atom. The summed E-state index contributed by atoms with van der Waals surface area (Å²) in [7, 11) is 1.30. The number of aliphatic carboxylic acids is 1. The second-order valence-electron chi connectivity index (χ2n) is 5.20. The van der Waals surface area contributed by atoms with Crippen molar-refractivity contribution >= 4 is 11.9 Å². The van der Waals surface area contributed by atoms with Gasteiger partial charge >= 0.3 is 5.97 Å². The van der Waals surface area contributed by atoms with E-state index >= 15 is 0 Å². The summed E-state index contributed by atoms with van der Waals surface area (Å²) in [6.45, 7) is -1.26. The van der Waals surface area contributed by atoms with Gasteiger partial charge in [0, 0.05) is 13.5 Å². The minimum atomic E-state index is -2.05. The summed E-state index contributed by atoms with van der Waals surface area (Å²) in [6.07, 6.45) is -4.62. The second kappa shape index (κ2) is 6.44. The molecule has 2 heterocycles. The number of fused-ring (bicyclic) bond motifs is 2. The fraction of sp³-hybridized carbons (Fsp3) is 0.833. The summed E-state index contributed by atoms with van der Waals surface area (Å²) >= 11 is 0. The molecule has 1 amide bonds. The van der Waals surface area contributed by atoms with Crippen molar-refractivity contribution in [3.05, 3.63) is 0 Å². The summed E-state index contributed by atoms with van der Waals surface area (Å²) in [5, 5.41) is 39.9. The van der Waals surface area contributed by atoms with Crippen LogP contribution in [0.2, 0.25) is 0 Å². The van der Waals surface area contributed by atoms with Crippen LogP contribution in [-0.2, 0) is 23.8 Å². The summed E-state index contributed by atoms with van der Waals surface area (Å²) < 4.78 is 15.9. The van der Waals surface area contributed by atoms with E-state index in [0.717, 1.165) is 0 Å². The van der Waals surface area contributed by atoms with E-state index in [1.165, 1.54) is 7.11 Å². The number of hydrogen-bond donors (Lipinski definition) is 5. The number of aliphatic hydroxyl groups is 3. The van der Waals surface area contributed by atoms with Crippen LogP contribution in [0.5, 0.6) is 0 Å². The first-order chi connectivity index (χ1) is 10.4. The fourth-order valence-corrected chi connectivity index (χ4v) is 2.79. The third kappa shape index (κ3) is 2.81. The van der Waals surface area contributed by atoms with E-state index in [9.17, 15) is 24.9 Å². The minimum absolute atomic E-state index is 0.409. The van der Waals surface area contributed by atoms with Crippen LogP contribution in [0, 0.1) is 0 Å². The lowest BCUT2D eigenvalue weighted by Crippen LogP contribution is -2.61. The van der Waals surface area contributed by atoms with E-state index in [0.29, 0.717) is 0 Å². The third-order valence-corrected chi connectivity index (χ3v) is 3.87. The van der Waals surface area contributed by atoms with E-state index < -0.39 is 67.8 Å². The first-order valence-corrected chi connectivity index (χ1v) is 6.69. The quantitative estimate of drug-likeness (QED) is 0.340. The largest absolute Gasteiger partial charge is 0.477 e. The molecule has 126 valence electrons. The Hall–Kier alpha value is -1.30. The van der Waals surface area contributed by atoms with Crippen LogP contribution in [0.4, 0.5) is 0 Å². The molecule has 5 N–H and O–H groups in total. The molecule has 0 unspecified atom stereocenters. The molecule has 0 saturated carbocycles. The number of amides is 1. The predicted octanol–water partition coefficient (Wildman–Crippen LogP) is -3.20. The molecule has 0 radical (unpaired) electrons. The second-order valence-corrected chi connectivity index (χ2v) is 5.20. The number of ether oxygens (including phenoxy) is 3. The van der Waals surface area contributed by atoms with Crippen molar-refractivity contribution in [2.75, 3.05) is 20.3 Å². The van der Waals surface area contributed by atoms with Gasteiger partial charge in [-0.05, 0) is 0 Å². The molecule has 2 bridgehead atoms. The van der Waals surface area contributed by atoms with Crippen LogP contribution >= 0.6 is 0 Å². The van der Waals surface area contributed by atoms with Gasteiger partial charge in [-0.3, -0.25) is 4.79 Å². The van der Waals surface area contributed by atoms with Gasteiger partial charge in [0.05, 0.1) is 18.8 Å². The van der Waals surface area contributed by atoms with E-state index in [4.69, 9.17) is 19.3 Å². The van der Waals surface area contributed by atoms with Crippen LogP contribution in [0.1, 0.15) is 6.42 Å². The number of nitrogens with one attached hydrogen (secondary N) is 1. The molecule has 2 rings (SSSR count). The van der Waals surface area contributed by atoms with Gasteiger partial charge in [-0.1, -0.05) is 0 Å². The summed E-state index contributed by atoms with van der Waals surface area (Å²) in [5.74, 6) is -4.22. The highest BCUT2D eigenvalue weighted by Gasteiger charge is 2.63. The van der Waals surface area contributed by atoms with E-state index in [-0.39, 0.29) is 0 Å². The highest BCUT2D eigenvalue weighted by molar-refractivity contribution is 5.78. The van der Waals surface area contributed by atoms with Crippen molar-refractivity contribution < 1.29 is 44.2 Å². The zero-order chi connectivity index (χ0) is 16.5. The van der Waals surface area contributed by atoms with Gasteiger partial charge in [-0.25, -0.2) is 4.79 Å². The lowest BCUT2D eigenvalue weighted by atomic mass is 9.92. The van der Waals surface area contributed by atoms with Crippen LogP contribution in [0.15, 0.2) is 0 Å². The molecule has 2 aliphatic heterocycles. The smallest absolute Gasteiger partial charge is 0.364 e.